The van der Waals surface area contributed by atoms with E-state index in [0.29, 0.717) is 36.1 Å². The molecule has 162 valence electrons. The maximum absolute atomic E-state index is 12.5. The average molecular weight is 428 g/mol. The summed E-state index contributed by atoms with van der Waals surface area (Å²) in [5.74, 6) is 1.63. The van der Waals surface area contributed by atoms with E-state index in [2.05, 4.69) is 20.8 Å². The van der Waals surface area contributed by atoms with Gasteiger partial charge in [0.2, 0.25) is 11.7 Å². The van der Waals surface area contributed by atoms with Gasteiger partial charge in [-0.05, 0) is 62.4 Å². The molecule has 1 amide bonds. The van der Waals surface area contributed by atoms with E-state index >= 15 is 0 Å². The second-order valence-corrected chi connectivity index (χ2v) is 7.22. The van der Waals surface area contributed by atoms with E-state index in [9.17, 15) is 4.79 Å². The van der Waals surface area contributed by atoms with Gasteiger partial charge >= 0.3 is 0 Å². The van der Waals surface area contributed by atoms with Crippen LogP contribution < -0.4 is 15.4 Å². The minimum absolute atomic E-state index is 0.180. The number of ether oxygens (including phenoxy) is 1. The van der Waals surface area contributed by atoms with Gasteiger partial charge in [-0.25, -0.2) is 0 Å². The molecule has 0 saturated heterocycles. The van der Waals surface area contributed by atoms with Crippen molar-refractivity contribution in [1.82, 2.24) is 10.1 Å². The molecule has 4 aromatic rings. The van der Waals surface area contributed by atoms with Crippen molar-refractivity contribution in [2.75, 3.05) is 17.2 Å². The molecule has 1 aromatic heterocycles. The summed E-state index contributed by atoms with van der Waals surface area (Å²) in [7, 11) is 0. The van der Waals surface area contributed by atoms with Gasteiger partial charge in [0, 0.05) is 22.5 Å². The van der Waals surface area contributed by atoms with E-state index in [0.717, 1.165) is 17.0 Å². The summed E-state index contributed by atoms with van der Waals surface area (Å²) in [6, 6.07) is 22.4. The average Bonchev–Trinajstić information content (AvgIpc) is 3.29. The highest BCUT2D eigenvalue weighted by Crippen LogP contribution is 2.19. The maximum Gasteiger partial charge on any atom is 0.255 e. The van der Waals surface area contributed by atoms with Gasteiger partial charge in [0.25, 0.3) is 5.91 Å². The standard InChI is InChI=1S/C25H24N4O3/c1-3-31-22-14-12-21(13-15-22)27-25(30)19-8-10-20(11-9-19)26-16-23-28-24(29-32-23)18-6-4-17(2)5-7-18/h4-15,26H,3,16H2,1-2H3,(H,27,30). The van der Waals surface area contributed by atoms with Crippen molar-refractivity contribution in [1.29, 1.82) is 0 Å². The lowest BCUT2D eigenvalue weighted by molar-refractivity contribution is 0.102. The van der Waals surface area contributed by atoms with Crippen LogP contribution in [0.5, 0.6) is 5.75 Å². The lowest BCUT2D eigenvalue weighted by Gasteiger charge is -2.08. The highest BCUT2D eigenvalue weighted by Gasteiger charge is 2.09. The minimum Gasteiger partial charge on any atom is -0.494 e. The van der Waals surface area contributed by atoms with E-state index in [1.54, 1.807) is 12.1 Å². The third-order valence-corrected chi connectivity index (χ3v) is 4.79. The number of hydrogen-bond donors (Lipinski definition) is 2. The summed E-state index contributed by atoms with van der Waals surface area (Å²) in [4.78, 5) is 16.9. The lowest BCUT2D eigenvalue weighted by atomic mass is 10.1. The predicted octanol–water partition coefficient (Wildman–Crippen LogP) is 5.31. The van der Waals surface area contributed by atoms with Gasteiger partial charge in [-0.3, -0.25) is 4.79 Å². The molecule has 3 aromatic carbocycles. The van der Waals surface area contributed by atoms with E-state index in [4.69, 9.17) is 9.26 Å². The number of amides is 1. The Morgan fingerprint density at radius 2 is 1.62 bits per heavy atom. The molecule has 0 aliphatic heterocycles. The Bertz CT molecular complexity index is 1170. The Morgan fingerprint density at radius 1 is 0.938 bits per heavy atom. The van der Waals surface area contributed by atoms with Crippen LogP contribution in [0.4, 0.5) is 11.4 Å². The van der Waals surface area contributed by atoms with Crippen LogP contribution in [0.15, 0.2) is 77.3 Å². The van der Waals surface area contributed by atoms with Crippen molar-refractivity contribution in [3.8, 4) is 17.1 Å². The highest BCUT2D eigenvalue weighted by atomic mass is 16.5. The maximum atomic E-state index is 12.5. The molecule has 7 nitrogen and oxygen atoms in total. The van der Waals surface area contributed by atoms with Gasteiger partial charge in [0.1, 0.15) is 5.75 Å². The third kappa shape index (κ3) is 5.31. The summed E-state index contributed by atoms with van der Waals surface area (Å²) < 4.78 is 10.7. The Kier molecular flexibility index (Phi) is 6.46. The zero-order chi connectivity index (χ0) is 22.3. The normalized spacial score (nSPS) is 10.6. The summed E-state index contributed by atoms with van der Waals surface area (Å²) in [6.07, 6.45) is 0. The topological polar surface area (TPSA) is 89.3 Å². The number of rotatable bonds is 8. The van der Waals surface area contributed by atoms with Crippen LogP contribution in [0.25, 0.3) is 11.4 Å². The number of aryl methyl sites for hydroxylation is 1. The van der Waals surface area contributed by atoms with Crippen molar-refractivity contribution >= 4 is 17.3 Å². The molecule has 0 aliphatic rings. The number of hydrogen-bond acceptors (Lipinski definition) is 6. The Morgan fingerprint density at radius 3 is 2.31 bits per heavy atom. The lowest BCUT2D eigenvalue weighted by Crippen LogP contribution is -2.11. The molecule has 0 unspecified atom stereocenters. The summed E-state index contributed by atoms with van der Waals surface area (Å²) >= 11 is 0. The number of nitrogens with zero attached hydrogens (tertiary/aromatic N) is 2. The molecule has 32 heavy (non-hydrogen) atoms. The fourth-order valence-electron chi connectivity index (χ4n) is 3.07. The zero-order valence-electron chi connectivity index (χ0n) is 18.0. The first kappa shape index (κ1) is 21.1. The van der Waals surface area contributed by atoms with Gasteiger partial charge in [0.15, 0.2) is 0 Å². The van der Waals surface area contributed by atoms with Gasteiger partial charge in [0.05, 0.1) is 13.2 Å². The Hall–Kier alpha value is -4.13. The van der Waals surface area contributed by atoms with Crippen molar-refractivity contribution in [3.63, 3.8) is 0 Å². The fourth-order valence-corrected chi connectivity index (χ4v) is 3.07. The minimum atomic E-state index is -0.180. The van der Waals surface area contributed by atoms with Gasteiger partial charge in [-0.15, -0.1) is 0 Å². The predicted molar refractivity (Wildman–Crippen MR) is 124 cm³/mol. The summed E-state index contributed by atoms with van der Waals surface area (Å²) in [6.45, 7) is 4.95. The van der Waals surface area contributed by atoms with Crippen LogP contribution in [-0.2, 0) is 6.54 Å². The molecule has 0 saturated carbocycles. The van der Waals surface area contributed by atoms with Crippen molar-refractivity contribution < 1.29 is 14.1 Å². The first-order valence-electron chi connectivity index (χ1n) is 10.4. The highest BCUT2D eigenvalue weighted by molar-refractivity contribution is 6.04. The number of aromatic nitrogens is 2. The molecule has 4 rings (SSSR count). The molecule has 1 heterocycles. The first-order valence-corrected chi connectivity index (χ1v) is 10.4. The Balaban J connectivity index is 1.32. The smallest absolute Gasteiger partial charge is 0.255 e. The zero-order valence-corrected chi connectivity index (χ0v) is 18.0. The molecule has 0 spiro atoms. The third-order valence-electron chi connectivity index (χ3n) is 4.79. The molecule has 7 heteroatoms. The van der Waals surface area contributed by atoms with E-state index < -0.39 is 0 Å². The Labute approximate surface area is 186 Å². The summed E-state index contributed by atoms with van der Waals surface area (Å²) in [5.41, 5.74) is 4.20. The van der Waals surface area contributed by atoms with E-state index in [-0.39, 0.29) is 5.91 Å². The number of nitrogens with one attached hydrogen (secondary N) is 2. The van der Waals surface area contributed by atoms with Gasteiger partial charge in [-0.2, -0.15) is 4.98 Å². The van der Waals surface area contributed by atoms with Crippen LogP contribution in [0.3, 0.4) is 0 Å². The van der Waals surface area contributed by atoms with E-state index in [1.165, 1.54) is 5.56 Å². The molecular weight excluding hydrogens is 404 g/mol. The molecule has 0 radical (unpaired) electrons. The fraction of sp³-hybridized carbons (Fsp3) is 0.160. The van der Waals surface area contributed by atoms with Crippen LogP contribution in [0.1, 0.15) is 28.7 Å². The SMILES string of the molecule is CCOc1ccc(NC(=O)c2ccc(NCc3nc(-c4ccc(C)cc4)no3)cc2)cc1. The second-order valence-electron chi connectivity index (χ2n) is 7.22. The van der Waals surface area contributed by atoms with Crippen LogP contribution in [0, 0.1) is 6.92 Å². The summed E-state index contributed by atoms with van der Waals surface area (Å²) in [5, 5.41) is 10.1. The molecule has 2 N–H and O–H groups in total. The molecule has 0 atom stereocenters. The van der Waals surface area contributed by atoms with Crippen LogP contribution in [-0.4, -0.2) is 22.7 Å². The first-order chi connectivity index (χ1) is 15.6. The number of carbonyl (C=O) groups is 1. The van der Waals surface area contributed by atoms with E-state index in [1.807, 2.05) is 74.5 Å². The molecular formula is C25H24N4O3. The van der Waals surface area contributed by atoms with Gasteiger partial charge < -0.3 is 19.9 Å². The van der Waals surface area contributed by atoms with Gasteiger partial charge in [-0.1, -0.05) is 35.0 Å². The van der Waals surface area contributed by atoms with Crippen LogP contribution in [0.2, 0.25) is 0 Å². The van der Waals surface area contributed by atoms with Crippen molar-refractivity contribution in [3.05, 3.63) is 89.8 Å². The largest absolute Gasteiger partial charge is 0.494 e. The van der Waals surface area contributed by atoms with Crippen molar-refractivity contribution in [2.24, 2.45) is 0 Å². The quantitative estimate of drug-likeness (QED) is 0.395. The molecule has 0 bridgehead atoms. The van der Waals surface area contributed by atoms with Crippen LogP contribution >= 0.6 is 0 Å². The van der Waals surface area contributed by atoms with Crippen molar-refractivity contribution in [2.45, 2.75) is 20.4 Å². The number of benzene rings is 3. The molecule has 0 fully saturated rings. The monoisotopic (exact) mass is 428 g/mol. The second kappa shape index (κ2) is 9.78. The number of anilines is 2. The molecule has 0 aliphatic carbocycles. The number of carbonyl (C=O) groups excluding carboxylic acids is 1.